The lowest BCUT2D eigenvalue weighted by Gasteiger charge is -2.10. The highest BCUT2D eigenvalue weighted by atomic mass is 19.4. The summed E-state index contributed by atoms with van der Waals surface area (Å²) in [5, 5.41) is 0. The van der Waals surface area contributed by atoms with E-state index in [1.165, 1.54) is 12.1 Å². The average molecular weight is 278 g/mol. The molecule has 0 aliphatic carbocycles. The van der Waals surface area contributed by atoms with Crippen LogP contribution in [0.5, 0.6) is 5.75 Å². The van der Waals surface area contributed by atoms with Gasteiger partial charge in [-0.1, -0.05) is 53.7 Å². The van der Waals surface area contributed by atoms with Crippen molar-refractivity contribution in [3.05, 3.63) is 29.8 Å². The van der Waals surface area contributed by atoms with E-state index in [0.717, 1.165) is 12.0 Å². The Kier molecular flexibility index (Phi) is 11.3. The fraction of sp³-hybridized carbons (Fsp3) is 0.600. The van der Waals surface area contributed by atoms with Crippen molar-refractivity contribution in [1.29, 1.82) is 0 Å². The minimum absolute atomic E-state index is 0.152. The van der Waals surface area contributed by atoms with Crippen LogP contribution in [0.1, 0.15) is 47.1 Å². The normalized spacial score (nSPS) is 10.0. The van der Waals surface area contributed by atoms with E-state index in [4.69, 9.17) is 0 Å². The van der Waals surface area contributed by atoms with Crippen LogP contribution < -0.4 is 4.74 Å². The van der Waals surface area contributed by atoms with Gasteiger partial charge in [0.25, 0.3) is 0 Å². The Morgan fingerprint density at radius 1 is 1.05 bits per heavy atom. The molecule has 0 radical (unpaired) electrons. The Morgan fingerprint density at radius 3 is 2.00 bits per heavy atom. The highest BCUT2D eigenvalue weighted by molar-refractivity contribution is 5.28. The second-order valence-corrected chi connectivity index (χ2v) is 3.79. The van der Waals surface area contributed by atoms with Gasteiger partial charge in [-0.15, -0.1) is 13.2 Å². The SMILES string of the molecule is CC.CC.CC(C)Cc1cccc(OC(F)(F)F)c1. The van der Waals surface area contributed by atoms with Crippen molar-refractivity contribution in [2.24, 2.45) is 5.92 Å². The number of hydrogen-bond acceptors (Lipinski definition) is 1. The minimum atomic E-state index is -4.61. The fourth-order valence-corrected chi connectivity index (χ4v) is 1.34. The number of halogens is 3. The van der Waals surface area contributed by atoms with Crippen molar-refractivity contribution in [2.45, 2.75) is 54.3 Å². The average Bonchev–Trinajstić information content (AvgIpc) is 2.31. The van der Waals surface area contributed by atoms with Crippen LogP contribution in [0.4, 0.5) is 13.2 Å². The van der Waals surface area contributed by atoms with Crippen molar-refractivity contribution in [3.63, 3.8) is 0 Å². The van der Waals surface area contributed by atoms with E-state index in [1.807, 2.05) is 41.5 Å². The van der Waals surface area contributed by atoms with E-state index in [2.05, 4.69) is 4.74 Å². The highest BCUT2D eigenvalue weighted by Crippen LogP contribution is 2.24. The van der Waals surface area contributed by atoms with Gasteiger partial charge in [0.15, 0.2) is 0 Å². The first-order valence-corrected chi connectivity index (χ1v) is 6.71. The van der Waals surface area contributed by atoms with E-state index in [9.17, 15) is 13.2 Å². The molecule has 0 atom stereocenters. The van der Waals surface area contributed by atoms with E-state index in [-0.39, 0.29) is 5.75 Å². The van der Waals surface area contributed by atoms with Gasteiger partial charge in [0.1, 0.15) is 5.75 Å². The molecule has 1 aromatic rings. The number of ether oxygens (including phenoxy) is 1. The molecule has 19 heavy (non-hydrogen) atoms. The Bertz CT molecular complexity index is 319. The van der Waals surface area contributed by atoms with E-state index < -0.39 is 6.36 Å². The molecule has 1 nitrogen and oxygen atoms in total. The molecule has 0 spiro atoms. The Balaban J connectivity index is 0. The van der Waals surface area contributed by atoms with E-state index in [0.29, 0.717) is 5.92 Å². The zero-order chi connectivity index (χ0) is 15.5. The maximum Gasteiger partial charge on any atom is 0.573 e. The summed E-state index contributed by atoms with van der Waals surface area (Å²) < 4.78 is 39.6. The van der Waals surface area contributed by atoms with Crippen molar-refractivity contribution in [2.75, 3.05) is 0 Å². The molecule has 0 fully saturated rings. The first-order valence-electron chi connectivity index (χ1n) is 6.71. The number of rotatable bonds is 3. The molecule has 0 aliphatic rings. The molecule has 0 saturated heterocycles. The molecule has 112 valence electrons. The number of alkyl halides is 3. The Hall–Kier alpha value is -1.19. The summed E-state index contributed by atoms with van der Waals surface area (Å²) in [4.78, 5) is 0. The standard InChI is InChI=1S/C11H13F3O.2C2H6/c1-8(2)6-9-4-3-5-10(7-9)15-11(12,13)14;2*1-2/h3-5,7-8H,6H2,1-2H3;2*1-2H3. The van der Waals surface area contributed by atoms with Crippen molar-refractivity contribution < 1.29 is 17.9 Å². The Morgan fingerprint density at radius 2 is 1.58 bits per heavy atom. The third kappa shape index (κ3) is 11.6. The Labute approximate surface area is 114 Å². The summed E-state index contributed by atoms with van der Waals surface area (Å²) in [6, 6.07) is 6.09. The molecular formula is C15H25F3O. The summed E-state index contributed by atoms with van der Waals surface area (Å²) in [6.07, 6.45) is -3.87. The van der Waals surface area contributed by atoms with Crippen LogP contribution in [0.3, 0.4) is 0 Å². The van der Waals surface area contributed by atoms with Crippen LogP contribution in [-0.4, -0.2) is 6.36 Å². The van der Waals surface area contributed by atoms with Crippen LogP contribution in [-0.2, 0) is 6.42 Å². The van der Waals surface area contributed by atoms with Gasteiger partial charge in [-0.05, 0) is 30.0 Å². The van der Waals surface area contributed by atoms with Crippen LogP contribution in [0.2, 0.25) is 0 Å². The van der Waals surface area contributed by atoms with Gasteiger partial charge >= 0.3 is 6.36 Å². The summed E-state index contributed by atoms with van der Waals surface area (Å²) in [7, 11) is 0. The van der Waals surface area contributed by atoms with Gasteiger partial charge in [-0.2, -0.15) is 0 Å². The number of hydrogen-bond donors (Lipinski definition) is 0. The van der Waals surface area contributed by atoms with Crippen LogP contribution >= 0.6 is 0 Å². The predicted octanol–water partition coefficient (Wildman–Crippen LogP) is 5.84. The monoisotopic (exact) mass is 278 g/mol. The molecule has 0 saturated carbocycles. The predicted molar refractivity (Wildman–Crippen MR) is 74.4 cm³/mol. The molecule has 0 amide bonds. The maximum absolute atomic E-state index is 11.9. The largest absolute Gasteiger partial charge is 0.573 e. The third-order valence-electron chi connectivity index (χ3n) is 1.78. The molecule has 0 heterocycles. The van der Waals surface area contributed by atoms with Gasteiger partial charge < -0.3 is 4.74 Å². The van der Waals surface area contributed by atoms with Crippen molar-refractivity contribution >= 4 is 0 Å². The smallest absolute Gasteiger partial charge is 0.406 e. The lowest BCUT2D eigenvalue weighted by Crippen LogP contribution is -2.17. The van der Waals surface area contributed by atoms with Gasteiger partial charge in [-0.3, -0.25) is 0 Å². The van der Waals surface area contributed by atoms with E-state index in [1.54, 1.807) is 12.1 Å². The van der Waals surface area contributed by atoms with Gasteiger partial charge in [0.05, 0.1) is 0 Å². The lowest BCUT2D eigenvalue weighted by molar-refractivity contribution is -0.274. The molecule has 0 unspecified atom stereocenters. The molecule has 4 heteroatoms. The molecule has 1 aromatic carbocycles. The first kappa shape index (κ1) is 20.1. The van der Waals surface area contributed by atoms with Crippen LogP contribution in [0.25, 0.3) is 0 Å². The second-order valence-electron chi connectivity index (χ2n) is 3.79. The topological polar surface area (TPSA) is 9.23 Å². The van der Waals surface area contributed by atoms with Gasteiger partial charge in [-0.25, -0.2) is 0 Å². The highest BCUT2D eigenvalue weighted by Gasteiger charge is 2.31. The minimum Gasteiger partial charge on any atom is -0.406 e. The van der Waals surface area contributed by atoms with Gasteiger partial charge in [0, 0.05) is 0 Å². The van der Waals surface area contributed by atoms with Gasteiger partial charge in [0.2, 0.25) is 0 Å². The zero-order valence-corrected chi connectivity index (χ0v) is 12.6. The maximum atomic E-state index is 11.9. The van der Waals surface area contributed by atoms with Crippen molar-refractivity contribution in [1.82, 2.24) is 0 Å². The molecule has 0 bridgehead atoms. The molecule has 0 aliphatic heterocycles. The second kappa shape index (κ2) is 10.7. The summed E-state index contributed by atoms with van der Waals surface area (Å²) in [5.74, 6) is 0.256. The molecular weight excluding hydrogens is 253 g/mol. The summed E-state index contributed by atoms with van der Waals surface area (Å²) in [5.41, 5.74) is 0.853. The summed E-state index contributed by atoms with van der Waals surface area (Å²) >= 11 is 0. The summed E-state index contributed by atoms with van der Waals surface area (Å²) in [6.45, 7) is 12.0. The molecule has 0 aromatic heterocycles. The number of benzene rings is 1. The first-order chi connectivity index (χ1) is 8.87. The zero-order valence-electron chi connectivity index (χ0n) is 12.6. The molecule has 1 rings (SSSR count). The van der Waals surface area contributed by atoms with E-state index >= 15 is 0 Å². The fourth-order valence-electron chi connectivity index (χ4n) is 1.34. The van der Waals surface area contributed by atoms with Crippen LogP contribution in [0, 0.1) is 5.92 Å². The quantitative estimate of drug-likeness (QED) is 0.675. The van der Waals surface area contributed by atoms with Crippen LogP contribution in [0.15, 0.2) is 24.3 Å². The lowest BCUT2D eigenvalue weighted by atomic mass is 10.0. The molecule has 0 N–H and O–H groups in total. The third-order valence-corrected chi connectivity index (χ3v) is 1.78. The van der Waals surface area contributed by atoms with Crippen molar-refractivity contribution in [3.8, 4) is 5.75 Å².